The van der Waals surface area contributed by atoms with Gasteiger partial charge in [0.1, 0.15) is 0 Å². The normalized spacial score (nSPS) is 11.6. The molecule has 12 nitrogen and oxygen atoms in total. The fourth-order valence-corrected chi connectivity index (χ4v) is 7.61. The minimum Gasteiger partial charge on any atom is -0.380 e. The highest BCUT2D eigenvalue weighted by Gasteiger charge is 2.22. The molecule has 0 amide bonds. The Balaban J connectivity index is 0.000000141. The molecule has 248 valence electrons. The Labute approximate surface area is 292 Å². The molecule has 4 aromatic heterocycles. The summed E-state index contributed by atoms with van der Waals surface area (Å²) in [4.78, 5) is 8.07. The summed E-state index contributed by atoms with van der Waals surface area (Å²) in [6, 6.07) is 23.7. The molecule has 4 heterocycles. The Hall–Kier alpha value is -4.99. The quantitative estimate of drug-likeness (QED) is 0.166. The summed E-state index contributed by atoms with van der Waals surface area (Å²) < 4.78 is 60.4. The smallest absolute Gasteiger partial charge is 0.263 e. The lowest BCUT2D eigenvalue weighted by Crippen LogP contribution is -2.14. The molecule has 0 radical (unpaired) electrons. The van der Waals surface area contributed by atoms with E-state index in [1.165, 1.54) is 24.5 Å². The van der Waals surface area contributed by atoms with Crippen molar-refractivity contribution in [1.29, 1.82) is 0 Å². The Morgan fingerprint density at radius 1 is 0.633 bits per heavy atom. The Morgan fingerprint density at radius 2 is 1.14 bits per heavy atom. The highest BCUT2D eigenvalue weighted by atomic mass is 35.7. The first kappa shape index (κ1) is 33.9. The standard InChI is InChI=1S/C16H10ClN3O3S.C9H6ClNO2S.C7H5ClN2O/c17-12-4-2-5-13-15(12)16(19-23-13)20-24(21,22)14-6-1-3-10-7-8-18-9-11(10)14;10-14(12,13)9-3-1-2-7-4-5-11-6-8(7)9;8-4-2-1-3-5-6(4)7(9)10-11-5/h1-9H,(H,19,20);1-6H;1-3H,(H2,9,10). The molecule has 3 N–H and O–H groups in total. The van der Waals surface area contributed by atoms with E-state index in [0.29, 0.717) is 48.6 Å². The molecule has 0 saturated carbocycles. The monoisotopic (exact) mass is 754 g/mol. The van der Waals surface area contributed by atoms with Gasteiger partial charge in [-0.25, -0.2) is 16.8 Å². The molecular formula is C32H21Cl3N6O6S2. The first-order chi connectivity index (χ1) is 23.4. The minimum atomic E-state index is -3.89. The first-order valence-corrected chi connectivity index (χ1v) is 18.4. The number of halogens is 3. The van der Waals surface area contributed by atoms with Gasteiger partial charge in [0.15, 0.2) is 22.8 Å². The number of benzene rings is 4. The molecule has 0 spiro atoms. The summed E-state index contributed by atoms with van der Waals surface area (Å²) in [5.74, 6) is 0.391. The minimum absolute atomic E-state index is 0.0523. The van der Waals surface area contributed by atoms with Gasteiger partial charge in [0.25, 0.3) is 19.1 Å². The molecule has 4 aromatic carbocycles. The SMILES string of the molecule is Nc1noc2cccc(Cl)c12.O=S(=O)(Cl)c1cccc2ccncc12.O=S(=O)(Nc1noc2cccc(Cl)c12)c1cccc2ccncc12. The van der Waals surface area contributed by atoms with Crippen molar-refractivity contribution in [2.24, 2.45) is 0 Å². The van der Waals surface area contributed by atoms with Crippen molar-refractivity contribution < 1.29 is 25.9 Å². The summed E-state index contributed by atoms with van der Waals surface area (Å²) in [6.45, 7) is 0. The molecule has 0 unspecified atom stereocenters. The second kappa shape index (κ2) is 13.9. The molecule has 8 rings (SSSR count). The number of hydrogen-bond donors (Lipinski definition) is 2. The van der Waals surface area contributed by atoms with Crippen molar-refractivity contribution in [3.63, 3.8) is 0 Å². The van der Waals surface area contributed by atoms with Crippen molar-refractivity contribution in [1.82, 2.24) is 20.3 Å². The predicted molar refractivity (Wildman–Crippen MR) is 190 cm³/mol. The van der Waals surface area contributed by atoms with Gasteiger partial charge in [-0.2, -0.15) is 0 Å². The second-order valence-electron chi connectivity index (χ2n) is 10.1. The van der Waals surface area contributed by atoms with Crippen LogP contribution in [0.5, 0.6) is 0 Å². The summed E-state index contributed by atoms with van der Waals surface area (Å²) >= 11 is 12.0. The Morgan fingerprint density at radius 3 is 1.73 bits per heavy atom. The molecule has 0 atom stereocenters. The molecule has 0 aliphatic rings. The number of pyridine rings is 2. The number of hydrogen-bond acceptors (Lipinski definition) is 11. The average molecular weight is 756 g/mol. The van der Waals surface area contributed by atoms with Crippen LogP contribution < -0.4 is 10.5 Å². The Bertz CT molecular complexity index is 2690. The van der Waals surface area contributed by atoms with E-state index in [9.17, 15) is 16.8 Å². The molecule has 0 aliphatic carbocycles. The summed E-state index contributed by atoms with van der Waals surface area (Å²) in [5.41, 5.74) is 6.51. The first-order valence-electron chi connectivity index (χ1n) is 13.9. The molecular weight excluding hydrogens is 735 g/mol. The van der Waals surface area contributed by atoms with Crippen LogP contribution >= 0.6 is 33.9 Å². The summed E-state index contributed by atoms with van der Waals surface area (Å²) in [6.07, 6.45) is 6.21. The van der Waals surface area contributed by atoms with E-state index in [0.717, 1.165) is 10.8 Å². The second-order valence-corrected chi connectivity index (χ2v) is 15.1. The molecule has 0 aliphatic heterocycles. The van der Waals surface area contributed by atoms with Crippen LogP contribution in [0.15, 0.2) is 129 Å². The molecule has 17 heteroatoms. The maximum atomic E-state index is 12.8. The van der Waals surface area contributed by atoms with Gasteiger partial charge >= 0.3 is 0 Å². The number of nitrogens with two attached hydrogens (primary N) is 1. The van der Waals surface area contributed by atoms with Crippen molar-refractivity contribution in [3.05, 3.63) is 120 Å². The van der Waals surface area contributed by atoms with E-state index in [1.54, 1.807) is 73.1 Å². The van der Waals surface area contributed by atoms with Gasteiger partial charge in [0.05, 0.1) is 30.6 Å². The lowest BCUT2D eigenvalue weighted by atomic mass is 10.2. The number of anilines is 2. The number of nitrogens with zero attached hydrogens (tertiary/aromatic N) is 4. The zero-order chi connectivity index (χ0) is 34.8. The van der Waals surface area contributed by atoms with Crippen LogP contribution in [0.3, 0.4) is 0 Å². The van der Waals surface area contributed by atoms with E-state index in [1.807, 2.05) is 12.1 Å². The Kier molecular flexibility index (Phi) is 9.59. The predicted octanol–water partition coefficient (Wildman–Crippen LogP) is 8.06. The number of rotatable bonds is 4. The maximum absolute atomic E-state index is 12.8. The molecule has 0 saturated heterocycles. The topological polar surface area (TPSA) is 184 Å². The third kappa shape index (κ3) is 7.23. The fourth-order valence-electron chi connectivity index (χ4n) is 4.79. The summed E-state index contributed by atoms with van der Waals surface area (Å²) in [5, 5.41) is 12.0. The van der Waals surface area contributed by atoms with Crippen LogP contribution in [0.2, 0.25) is 10.0 Å². The van der Waals surface area contributed by atoms with E-state index in [2.05, 4.69) is 25.0 Å². The van der Waals surface area contributed by atoms with Gasteiger partial charge in [0.2, 0.25) is 0 Å². The highest BCUT2D eigenvalue weighted by Crippen LogP contribution is 2.32. The van der Waals surface area contributed by atoms with Gasteiger partial charge < -0.3 is 14.8 Å². The largest absolute Gasteiger partial charge is 0.380 e. The van der Waals surface area contributed by atoms with Crippen molar-refractivity contribution in [2.45, 2.75) is 9.79 Å². The number of sulfonamides is 1. The number of nitrogen functional groups attached to an aromatic ring is 1. The van der Waals surface area contributed by atoms with Crippen LogP contribution in [0, 0.1) is 0 Å². The van der Waals surface area contributed by atoms with E-state index < -0.39 is 19.1 Å². The van der Waals surface area contributed by atoms with Crippen molar-refractivity contribution >= 4 is 108 Å². The lowest BCUT2D eigenvalue weighted by molar-refractivity contribution is 0.460. The van der Waals surface area contributed by atoms with Crippen molar-refractivity contribution in [3.8, 4) is 0 Å². The third-order valence-corrected chi connectivity index (χ3v) is 10.4. The van der Waals surface area contributed by atoms with Crippen LogP contribution in [-0.2, 0) is 19.1 Å². The molecule has 8 aromatic rings. The van der Waals surface area contributed by atoms with Gasteiger partial charge in [-0.15, -0.1) is 0 Å². The summed E-state index contributed by atoms with van der Waals surface area (Å²) in [7, 11) is -2.30. The van der Waals surface area contributed by atoms with Crippen LogP contribution in [-0.4, -0.2) is 37.1 Å². The zero-order valence-electron chi connectivity index (χ0n) is 24.7. The fraction of sp³-hybridized carbons (Fsp3) is 0. The van der Waals surface area contributed by atoms with Crippen molar-refractivity contribution in [2.75, 3.05) is 10.5 Å². The highest BCUT2D eigenvalue weighted by molar-refractivity contribution is 8.14. The van der Waals surface area contributed by atoms with Gasteiger partial charge in [-0.05, 0) is 59.3 Å². The van der Waals surface area contributed by atoms with E-state index >= 15 is 0 Å². The number of fused-ring (bicyclic) bond motifs is 4. The maximum Gasteiger partial charge on any atom is 0.263 e. The van der Waals surface area contributed by atoms with Gasteiger partial charge in [-0.3, -0.25) is 14.7 Å². The van der Waals surface area contributed by atoms with E-state index in [-0.39, 0.29) is 15.6 Å². The average Bonchev–Trinajstić information content (AvgIpc) is 3.68. The van der Waals surface area contributed by atoms with Crippen LogP contribution in [0.25, 0.3) is 43.5 Å². The molecule has 0 bridgehead atoms. The lowest BCUT2D eigenvalue weighted by Gasteiger charge is -2.08. The molecule has 0 fully saturated rings. The molecule has 49 heavy (non-hydrogen) atoms. The zero-order valence-corrected chi connectivity index (χ0v) is 28.6. The van der Waals surface area contributed by atoms with E-state index in [4.69, 9.17) is 48.7 Å². The van der Waals surface area contributed by atoms with Crippen LogP contribution in [0.1, 0.15) is 0 Å². The van der Waals surface area contributed by atoms with Crippen LogP contribution in [0.4, 0.5) is 11.6 Å². The van der Waals surface area contributed by atoms with Gasteiger partial charge in [0, 0.05) is 46.2 Å². The number of aromatic nitrogens is 4. The number of nitrogens with one attached hydrogen (secondary N) is 1. The third-order valence-electron chi connectivity index (χ3n) is 6.99. The van der Waals surface area contributed by atoms with Gasteiger partial charge in [-0.1, -0.05) is 69.9 Å².